The fraction of sp³-hybridized carbons (Fsp3) is 0.455. The second-order valence-electron chi connectivity index (χ2n) is 7.29. The molecule has 0 radical (unpaired) electrons. The molecule has 1 aromatic heterocycles. The number of hydrogen-bond donors (Lipinski definition) is 0. The van der Waals surface area contributed by atoms with Crippen molar-refractivity contribution in [1.82, 2.24) is 14.5 Å². The maximum absolute atomic E-state index is 12.9. The number of nitrogens with zero attached hydrogens (tertiary/aromatic N) is 3. The molecule has 27 heavy (non-hydrogen) atoms. The van der Waals surface area contributed by atoms with Crippen LogP contribution < -0.4 is 0 Å². The number of rotatable bonds is 7. The highest BCUT2D eigenvalue weighted by atomic mass is 16.5. The molecule has 0 amide bonds. The van der Waals surface area contributed by atoms with Gasteiger partial charge in [-0.25, -0.2) is 4.98 Å². The van der Waals surface area contributed by atoms with Crippen molar-refractivity contribution < 1.29 is 9.53 Å². The Bertz CT molecular complexity index is 769. The van der Waals surface area contributed by atoms with E-state index in [9.17, 15) is 4.79 Å². The second-order valence-corrected chi connectivity index (χ2v) is 7.29. The molecule has 1 fully saturated rings. The lowest BCUT2D eigenvalue weighted by Gasteiger charge is -2.40. The predicted octanol–water partition coefficient (Wildman–Crippen LogP) is 3.67. The van der Waals surface area contributed by atoms with Gasteiger partial charge in [0.25, 0.3) is 0 Å². The third-order valence-electron chi connectivity index (χ3n) is 5.27. The van der Waals surface area contributed by atoms with E-state index in [-0.39, 0.29) is 5.97 Å². The molecule has 1 aliphatic heterocycles. The first-order chi connectivity index (χ1) is 13.1. The molecular weight excluding hydrogens is 338 g/mol. The van der Waals surface area contributed by atoms with E-state index in [0.717, 1.165) is 37.3 Å². The lowest BCUT2D eigenvalue weighted by molar-refractivity contribution is -0.159. The SMILES string of the molecule is CCOC(=O)[C@]1(C/C=C/c2ccccc2)CCCN(Cc2nccn2C)C1. The van der Waals surface area contributed by atoms with Crippen LogP contribution in [0.15, 0.2) is 48.8 Å². The van der Waals surface area contributed by atoms with Crippen molar-refractivity contribution in [3.05, 3.63) is 60.2 Å². The van der Waals surface area contributed by atoms with E-state index < -0.39 is 5.41 Å². The van der Waals surface area contributed by atoms with Crippen LogP contribution in [0.25, 0.3) is 6.08 Å². The molecule has 1 aliphatic rings. The molecule has 1 atom stereocenters. The summed E-state index contributed by atoms with van der Waals surface area (Å²) in [6.07, 6.45) is 10.5. The molecular formula is C22H29N3O2. The molecule has 2 heterocycles. The average Bonchev–Trinajstić information content (AvgIpc) is 3.08. The van der Waals surface area contributed by atoms with Crippen molar-refractivity contribution in [2.24, 2.45) is 12.5 Å². The minimum absolute atomic E-state index is 0.0766. The van der Waals surface area contributed by atoms with Gasteiger partial charge >= 0.3 is 5.97 Å². The highest BCUT2D eigenvalue weighted by molar-refractivity contribution is 5.77. The molecule has 3 rings (SSSR count). The van der Waals surface area contributed by atoms with Crippen molar-refractivity contribution in [2.75, 3.05) is 19.7 Å². The van der Waals surface area contributed by atoms with Gasteiger partial charge in [0, 0.05) is 26.0 Å². The first-order valence-electron chi connectivity index (χ1n) is 9.70. The van der Waals surface area contributed by atoms with Crippen LogP contribution >= 0.6 is 0 Å². The van der Waals surface area contributed by atoms with Crippen molar-refractivity contribution in [2.45, 2.75) is 32.7 Å². The summed E-state index contributed by atoms with van der Waals surface area (Å²) in [6.45, 7) is 4.74. The van der Waals surface area contributed by atoms with Crippen LogP contribution in [0.4, 0.5) is 0 Å². The number of carbonyl (C=O) groups is 1. The van der Waals surface area contributed by atoms with Gasteiger partial charge in [-0.3, -0.25) is 9.69 Å². The van der Waals surface area contributed by atoms with Crippen LogP contribution in [0.5, 0.6) is 0 Å². The van der Waals surface area contributed by atoms with Crippen molar-refractivity contribution in [1.29, 1.82) is 0 Å². The Morgan fingerprint density at radius 1 is 1.33 bits per heavy atom. The fourth-order valence-corrected chi connectivity index (χ4v) is 3.80. The van der Waals surface area contributed by atoms with Gasteiger partial charge in [0.2, 0.25) is 0 Å². The summed E-state index contributed by atoms with van der Waals surface area (Å²) in [5.41, 5.74) is 0.669. The Morgan fingerprint density at radius 2 is 2.15 bits per heavy atom. The third-order valence-corrected chi connectivity index (χ3v) is 5.27. The second kappa shape index (κ2) is 9.00. The fourth-order valence-electron chi connectivity index (χ4n) is 3.80. The van der Waals surface area contributed by atoms with E-state index in [4.69, 9.17) is 4.74 Å². The zero-order valence-corrected chi connectivity index (χ0v) is 16.3. The minimum atomic E-state index is -0.481. The van der Waals surface area contributed by atoms with Gasteiger partial charge in [0.15, 0.2) is 0 Å². The standard InChI is InChI=1S/C22H29N3O2/c1-3-27-21(26)22(12-7-11-19-9-5-4-6-10-19)13-8-15-25(18-22)17-20-23-14-16-24(20)2/h4-7,9-11,14,16H,3,8,12-13,15,17-18H2,1-2H3/b11-7+/t22-/m1/s1. The molecule has 2 aromatic rings. The van der Waals surface area contributed by atoms with Crippen LogP contribution in [-0.2, 0) is 23.1 Å². The molecule has 1 saturated heterocycles. The smallest absolute Gasteiger partial charge is 0.313 e. The van der Waals surface area contributed by atoms with Gasteiger partial charge < -0.3 is 9.30 Å². The topological polar surface area (TPSA) is 47.4 Å². The van der Waals surface area contributed by atoms with Crippen LogP contribution in [0.1, 0.15) is 37.6 Å². The van der Waals surface area contributed by atoms with Crippen molar-refractivity contribution in [3.8, 4) is 0 Å². The molecule has 5 heteroatoms. The third kappa shape index (κ3) is 4.86. The largest absolute Gasteiger partial charge is 0.466 e. The molecule has 0 unspecified atom stereocenters. The highest BCUT2D eigenvalue weighted by Crippen LogP contribution is 2.36. The normalized spacial score (nSPS) is 20.8. The summed E-state index contributed by atoms with van der Waals surface area (Å²) < 4.78 is 7.51. The Hall–Kier alpha value is -2.40. The first-order valence-corrected chi connectivity index (χ1v) is 9.70. The molecule has 0 aliphatic carbocycles. The molecule has 0 N–H and O–H groups in total. The number of piperidine rings is 1. The van der Waals surface area contributed by atoms with Gasteiger partial charge in [0.05, 0.1) is 18.6 Å². The number of aromatic nitrogens is 2. The van der Waals surface area contributed by atoms with Crippen LogP contribution in [0.3, 0.4) is 0 Å². The highest BCUT2D eigenvalue weighted by Gasteiger charge is 2.42. The predicted molar refractivity (Wildman–Crippen MR) is 107 cm³/mol. The first kappa shape index (κ1) is 19.4. The number of aryl methyl sites for hydroxylation is 1. The van der Waals surface area contributed by atoms with Crippen molar-refractivity contribution >= 4 is 12.0 Å². The van der Waals surface area contributed by atoms with Crippen LogP contribution in [0, 0.1) is 5.41 Å². The van der Waals surface area contributed by atoms with Gasteiger partial charge in [0.1, 0.15) is 5.82 Å². The summed E-state index contributed by atoms with van der Waals surface area (Å²) in [5, 5.41) is 0. The Labute approximate surface area is 161 Å². The molecule has 5 nitrogen and oxygen atoms in total. The summed E-state index contributed by atoms with van der Waals surface area (Å²) >= 11 is 0. The van der Waals surface area contributed by atoms with E-state index in [0.29, 0.717) is 19.6 Å². The number of hydrogen-bond acceptors (Lipinski definition) is 4. The number of esters is 1. The zero-order chi connectivity index (χ0) is 19.1. The van der Waals surface area contributed by atoms with Crippen LogP contribution in [-0.4, -0.2) is 40.1 Å². The summed E-state index contributed by atoms with van der Waals surface area (Å²) in [6, 6.07) is 10.2. The quantitative estimate of drug-likeness (QED) is 0.701. The van der Waals surface area contributed by atoms with E-state index in [1.165, 1.54) is 0 Å². The number of benzene rings is 1. The number of allylic oxidation sites excluding steroid dienone is 1. The number of carbonyl (C=O) groups excluding carboxylic acids is 1. The minimum Gasteiger partial charge on any atom is -0.466 e. The summed E-state index contributed by atoms with van der Waals surface area (Å²) in [4.78, 5) is 19.6. The van der Waals surface area contributed by atoms with E-state index in [2.05, 4.69) is 34.2 Å². The summed E-state index contributed by atoms with van der Waals surface area (Å²) in [7, 11) is 2.01. The monoisotopic (exact) mass is 367 g/mol. The number of imidazole rings is 1. The number of likely N-dealkylation sites (tertiary alicyclic amines) is 1. The van der Waals surface area contributed by atoms with Gasteiger partial charge in [-0.1, -0.05) is 42.5 Å². The Morgan fingerprint density at radius 3 is 2.85 bits per heavy atom. The maximum atomic E-state index is 12.9. The van der Waals surface area contributed by atoms with Crippen molar-refractivity contribution in [3.63, 3.8) is 0 Å². The Balaban J connectivity index is 1.74. The van der Waals surface area contributed by atoms with Gasteiger partial charge in [-0.2, -0.15) is 0 Å². The van der Waals surface area contributed by atoms with Gasteiger partial charge in [-0.05, 0) is 38.3 Å². The van der Waals surface area contributed by atoms with E-state index in [1.807, 2.05) is 49.1 Å². The van der Waals surface area contributed by atoms with E-state index in [1.54, 1.807) is 0 Å². The summed E-state index contributed by atoms with van der Waals surface area (Å²) in [5.74, 6) is 0.946. The maximum Gasteiger partial charge on any atom is 0.313 e. The molecule has 0 saturated carbocycles. The molecule has 0 spiro atoms. The lowest BCUT2D eigenvalue weighted by atomic mass is 9.76. The van der Waals surface area contributed by atoms with Gasteiger partial charge in [-0.15, -0.1) is 0 Å². The molecule has 144 valence electrons. The zero-order valence-electron chi connectivity index (χ0n) is 16.3. The van der Waals surface area contributed by atoms with E-state index >= 15 is 0 Å². The molecule has 0 bridgehead atoms. The average molecular weight is 367 g/mol. The Kier molecular flexibility index (Phi) is 6.45. The van der Waals surface area contributed by atoms with Crippen LogP contribution in [0.2, 0.25) is 0 Å². The lowest BCUT2D eigenvalue weighted by Crippen LogP contribution is -2.48. The number of ether oxygens (including phenoxy) is 1. The molecule has 1 aromatic carbocycles.